The van der Waals surface area contributed by atoms with Crippen LogP contribution >= 0.6 is 27.3 Å². The van der Waals surface area contributed by atoms with Crippen LogP contribution in [0.1, 0.15) is 36.4 Å². The van der Waals surface area contributed by atoms with E-state index in [9.17, 15) is 5.11 Å². The molecule has 1 aromatic carbocycles. The van der Waals surface area contributed by atoms with Gasteiger partial charge in [-0.3, -0.25) is 0 Å². The lowest BCUT2D eigenvalue weighted by Gasteiger charge is -2.27. The number of aliphatic hydroxyl groups is 1. The van der Waals surface area contributed by atoms with Crippen LogP contribution in [0.25, 0.3) is 0 Å². The van der Waals surface area contributed by atoms with Gasteiger partial charge >= 0.3 is 0 Å². The van der Waals surface area contributed by atoms with Gasteiger partial charge in [0.25, 0.3) is 0 Å². The second-order valence-electron chi connectivity index (χ2n) is 4.68. The zero-order chi connectivity index (χ0) is 14.0. The summed E-state index contributed by atoms with van der Waals surface area (Å²) in [7, 11) is 2.09. The highest BCUT2D eigenvalue weighted by molar-refractivity contribution is 9.10. The molecule has 0 fully saturated rings. The van der Waals surface area contributed by atoms with Gasteiger partial charge in [0, 0.05) is 22.1 Å². The third-order valence-electron chi connectivity index (χ3n) is 3.38. The Kier molecular flexibility index (Phi) is 4.66. The Bertz CT molecular complexity index is 539. The van der Waals surface area contributed by atoms with E-state index in [-0.39, 0.29) is 0 Å². The van der Waals surface area contributed by atoms with Gasteiger partial charge in [0.05, 0.1) is 12.1 Å². The first-order chi connectivity index (χ1) is 9.00. The van der Waals surface area contributed by atoms with Crippen LogP contribution in [0.5, 0.6) is 0 Å². The minimum Gasteiger partial charge on any atom is -0.389 e. The molecule has 0 radical (unpaired) electrons. The average Bonchev–Trinajstić information content (AvgIpc) is 2.90. The standard InChI is InChI=1S/C15H18BrNOS/c1-10(15-5-4-8-19-15)17(3)12-6-7-13(11(2)18)14(16)9-12/h4-11,18H,1-3H3/t10?,11-/m0/s1. The van der Waals surface area contributed by atoms with Gasteiger partial charge in [0.15, 0.2) is 0 Å². The highest BCUT2D eigenvalue weighted by Crippen LogP contribution is 2.32. The topological polar surface area (TPSA) is 23.5 Å². The number of aliphatic hydroxyl groups excluding tert-OH is 1. The molecule has 2 aromatic rings. The highest BCUT2D eigenvalue weighted by Gasteiger charge is 2.15. The van der Waals surface area contributed by atoms with Crippen LogP contribution in [-0.2, 0) is 0 Å². The van der Waals surface area contributed by atoms with Gasteiger partial charge in [0.2, 0.25) is 0 Å². The van der Waals surface area contributed by atoms with E-state index in [0.717, 1.165) is 15.7 Å². The highest BCUT2D eigenvalue weighted by atomic mass is 79.9. The maximum atomic E-state index is 9.65. The lowest BCUT2D eigenvalue weighted by Crippen LogP contribution is -2.20. The number of rotatable bonds is 4. The van der Waals surface area contributed by atoms with E-state index < -0.39 is 6.10 Å². The Morgan fingerprint density at radius 1 is 1.26 bits per heavy atom. The minimum atomic E-state index is -0.455. The first-order valence-corrected chi connectivity index (χ1v) is 7.91. The lowest BCUT2D eigenvalue weighted by molar-refractivity contribution is 0.198. The van der Waals surface area contributed by atoms with Crippen molar-refractivity contribution in [1.29, 1.82) is 0 Å². The van der Waals surface area contributed by atoms with Crippen LogP contribution in [-0.4, -0.2) is 12.2 Å². The summed E-state index contributed by atoms with van der Waals surface area (Å²) in [6.07, 6.45) is -0.455. The second kappa shape index (κ2) is 6.07. The summed E-state index contributed by atoms with van der Waals surface area (Å²) in [6, 6.07) is 10.7. The molecular formula is C15H18BrNOS. The zero-order valence-corrected chi connectivity index (χ0v) is 13.7. The smallest absolute Gasteiger partial charge is 0.0772 e. The monoisotopic (exact) mass is 339 g/mol. The van der Waals surface area contributed by atoms with Gasteiger partial charge in [-0.25, -0.2) is 0 Å². The molecule has 0 bridgehead atoms. The van der Waals surface area contributed by atoms with Crippen LogP contribution in [0.2, 0.25) is 0 Å². The summed E-state index contributed by atoms with van der Waals surface area (Å²) in [4.78, 5) is 3.58. The fourth-order valence-electron chi connectivity index (χ4n) is 2.02. The minimum absolute atomic E-state index is 0.337. The average molecular weight is 340 g/mol. The fourth-order valence-corrected chi connectivity index (χ4v) is 3.54. The predicted molar refractivity (Wildman–Crippen MR) is 85.9 cm³/mol. The molecule has 19 heavy (non-hydrogen) atoms. The molecule has 0 spiro atoms. The molecule has 1 aromatic heterocycles. The molecule has 1 heterocycles. The Morgan fingerprint density at radius 2 is 2.00 bits per heavy atom. The fraction of sp³-hybridized carbons (Fsp3) is 0.333. The predicted octanol–water partition coefficient (Wildman–Crippen LogP) is 4.76. The zero-order valence-electron chi connectivity index (χ0n) is 11.3. The molecule has 0 amide bonds. The molecule has 1 unspecified atom stereocenters. The summed E-state index contributed by atoms with van der Waals surface area (Å²) in [5, 5.41) is 11.8. The van der Waals surface area contributed by atoms with Crippen molar-refractivity contribution < 1.29 is 5.11 Å². The van der Waals surface area contributed by atoms with Crippen molar-refractivity contribution in [2.24, 2.45) is 0 Å². The lowest BCUT2D eigenvalue weighted by atomic mass is 10.1. The van der Waals surface area contributed by atoms with Crippen LogP contribution in [0.4, 0.5) is 5.69 Å². The van der Waals surface area contributed by atoms with Crippen molar-refractivity contribution in [3.63, 3.8) is 0 Å². The Balaban J connectivity index is 2.24. The van der Waals surface area contributed by atoms with E-state index in [0.29, 0.717) is 6.04 Å². The summed E-state index contributed by atoms with van der Waals surface area (Å²) in [5.74, 6) is 0. The molecule has 0 aliphatic rings. The quantitative estimate of drug-likeness (QED) is 0.867. The SMILES string of the molecule is CC(c1cccs1)N(C)c1ccc([C@H](C)O)c(Br)c1. The van der Waals surface area contributed by atoms with Crippen molar-refractivity contribution in [2.75, 3.05) is 11.9 Å². The molecule has 4 heteroatoms. The molecule has 0 aliphatic carbocycles. The second-order valence-corrected chi connectivity index (χ2v) is 6.52. The van der Waals surface area contributed by atoms with E-state index in [1.807, 2.05) is 6.07 Å². The van der Waals surface area contributed by atoms with Crippen molar-refractivity contribution in [3.05, 3.63) is 50.6 Å². The number of nitrogens with zero attached hydrogens (tertiary/aromatic N) is 1. The van der Waals surface area contributed by atoms with Gasteiger partial charge in [-0.15, -0.1) is 11.3 Å². The van der Waals surface area contributed by atoms with Gasteiger partial charge in [-0.05, 0) is 43.0 Å². The molecule has 2 rings (SSSR count). The molecule has 0 saturated heterocycles. The molecule has 0 saturated carbocycles. The van der Waals surface area contributed by atoms with Crippen molar-refractivity contribution >= 4 is 33.0 Å². The van der Waals surface area contributed by atoms with E-state index in [1.54, 1.807) is 18.3 Å². The molecular weight excluding hydrogens is 322 g/mol. The maximum Gasteiger partial charge on any atom is 0.0772 e. The largest absolute Gasteiger partial charge is 0.389 e. The summed E-state index contributed by atoms with van der Waals surface area (Å²) < 4.78 is 0.949. The van der Waals surface area contributed by atoms with Gasteiger partial charge in [0.1, 0.15) is 0 Å². The van der Waals surface area contributed by atoms with Crippen LogP contribution in [0, 0.1) is 0 Å². The molecule has 0 aliphatic heterocycles. The number of hydrogen-bond donors (Lipinski definition) is 1. The van der Waals surface area contributed by atoms with Gasteiger partial charge in [-0.1, -0.05) is 28.1 Å². The van der Waals surface area contributed by atoms with Crippen molar-refractivity contribution in [3.8, 4) is 0 Å². The van der Waals surface area contributed by atoms with Crippen LogP contribution < -0.4 is 4.90 Å². The summed E-state index contributed by atoms with van der Waals surface area (Å²) in [6.45, 7) is 3.97. The summed E-state index contributed by atoms with van der Waals surface area (Å²) >= 11 is 5.30. The van der Waals surface area contributed by atoms with Crippen molar-refractivity contribution in [1.82, 2.24) is 0 Å². The normalized spacial score (nSPS) is 14.2. The van der Waals surface area contributed by atoms with Crippen LogP contribution in [0.15, 0.2) is 40.2 Å². The number of benzene rings is 1. The summed E-state index contributed by atoms with van der Waals surface area (Å²) in [5.41, 5.74) is 2.05. The van der Waals surface area contributed by atoms with Gasteiger partial charge in [-0.2, -0.15) is 0 Å². The van der Waals surface area contributed by atoms with Crippen molar-refractivity contribution in [2.45, 2.75) is 26.0 Å². The van der Waals surface area contributed by atoms with E-state index in [1.165, 1.54) is 4.88 Å². The third-order valence-corrected chi connectivity index (χ3v) is 5.11. The van der Waals surface area contributed by atoms with E-state index >= 15 is 0 Å². The first-order valence-electron chi connectivity index (χ1n) is 6.24. The Hall–Kier alpha value is -0.840. The molecule has 2 nitrogen and oxygen atoms in total. The van der Waals surface area contributed by atoms with Gasteiger partial charge < -0.3 is 10.0 Å². The molecule has 2 atom stereocenters. The maximum absolute atomic E-state index is 9.65. The van der Waals surface area contributed by atoms with Crippen LogP contribution in [0.3, 0.4) is 0 Å². The first kappa shape index (κ1) is 14.6. The number of hydrogen-bond acceptors (Lipinski definition) is 3. The van der Waals surface area contributed by atoms with E-state index in [2.05, 4.69) is 64.4 Å². The number of halogens is 1. The number of thiophene rings is 1. The molecule has 102 valence electrons. The third kappa shape index (κ3) is 3.19. The Labute approximate surface area is 126 Å². The number of anilines is 1. The molecule has 1 N–H and O–H groups in total. The van der Waals surface area contributed by atoms with E-state index in [4.69, 9.17) is 0 Å². The Morgan fingerprint density at radius 3 is 2.53 bits per heavy atom.